The maximum absolute atomic E-state index is 13.3. The first-order valence-corrected chi connectivity index (χ1v) is 13.8. The standard InChI is InChI=1S/C28H28N2O5S.2H2/c1-18-5-9-22(29-27(31)28(13-14-28)20-8-12-25-26(15-20)35-17-34-25)16-24(18)19-6-10-23(11-7-19)36(32,33)30-21-3-2-4-21;;/h5-12,15-16,21,30H,2-4,13-14,17H2,1H3,(H,29,31);2*1H. The summed E-state index contributed by atoms with van der Waals surface area (Å²) in [6.07, 6.45) is 4.41. The van der Waals surface area contributed by atoms with Crippen molar-refractivity contribution in [2.24, 2.45) is 0 Å². The second kappa shape index (κ2) is 8.64. The van der Waals surface area contributed by atoms with Gasteiger partial charge in [-0.05, 0) is 91.3 Å². The van der Waals surface area contributed by atoms with Gasteiger partial charge < -0.3 is 14.8 Å². The number of amides is 1. The van der Waals surface area contributed by atoms with E-state index in [0.717, 1.165) is 54.4 Å². The van der Waals surface area contributed by atoms with Crippen LogP contribution >= 0.6 is 0 Å². The Morgan fingerprint density at radius 3 is 2.42 bits per heavy atom. The largest absolute Gasteiger partial charge is 0.454 e. The molecule has 2 fully saturated rings. The number of anilines is 1. The van der Waals surface area contributed by atoms with Gasteiger partial charge in [-0.3, -0.25) is 4.79 Å². The van der Waals surface area contributed by atoms with Gasteiger partial charge in [-0.25, -0.2) is 13.1 Å². The monoisotopic (exact) mass is 508 g/mol. The Bertz CT molecular complexity index is 1450. The van der Waals surface area contributed by atoms with Crippen molar-refractivity contribution in [3.05, 3.63) is 71.8 Å². The van der Waals surface area contributed by atoms with E-state index in [2.05, 4.69) is 10.0 Å². The van der Waals surface area contributed by atoms with Gasteiger partial charge in [-0.15, -0.1) is 0 Å². The molecular weight excluding hydrogens is 476 g/mol. The molecule has 36 heavy (non-hydrogen) atoms. The summed E-state index contributed by atoms with van der Waals surface area (Å²) in [5, 5.41) is 3.10. The summed E-state index contributed by atoms with van der Waals surface area (Å²) in [6, 6.07) is 18.5. The summed E-state index contributed by atoms with van der Waals surface area (Å²) in [6.45, 7) is 2.20. The van der Waals surface area contributed by atoms with E-state index in [1.807, 2.05) is 55.5 Å². The van der Waals surface area contributed by atoms with Crippen molar-refractivity contribution in [3.8, 4) is 22.6 Å². The van der Waals surface area contributed by atoms with Gasteiger partial charge in [0.15, 0.2) is 11.5 Å². The van der Waals surface area contributed by atoms with Crippen molar-refractivity contribution in [2.45, 2.75) is 55.4 Å². The SMILES string of the molecule is Cc1ccc(NC(=O)C2(c3ccc4c(c3)OCO4)CC2)cc1-c1ccc(S(=O)(=O)NC2CCC2)cc1.[HH].[HH]. The zero-order valence-corrected chi connectivity index (χ0v) is 20.9. The summed E-state index contributed by atoms with van der Waals surface area (Å²) in [5.74, 6) is 1.34. The highest BCUT2D eigenvalue weighted by molar-refractivity contribution is 7.89. The number of sulfonamides is 1. The summed E-state index contributed by atoms with van der Waals surface area (Å²) >= 11 is 0. The molecule has 1 heterocycles. The van der Waals surface area contributed by atoms with Gasteiger partial charge in [0.25, 0.3) is 0 Å². The second-order valence-electron chi connectivity index (χ2n) is 9.91. The number of fused-ring (bicyclic) bond motifs is 1. The van der Waals surface area contributed by atoms with Crippen LogP contribution in [-0.4, -0.2) is 27.2 Å². The fraction of sp³-hybridized carbons (Fsp3) is 0.321. The smallest absolute Gasteiger partial charge is 0.240 e. The third-order valence-corrected chi connectivity index (χ3v) is 9.04. The summed E-state index contributed by atoms with van der Waals surface area (Å²) in [7, 11) is -3.52. The minimum absolute atomic E-state index is 0. The molecule has 0 spiro atoms. The van der Waals surface area contributed by atoms with Gasteiger partial charge in [0.05, 0.1) is 10.3 Å². The minimum Gasteiger partial charge on any atom is -0.454 e. The average Bonchev–Trinajstić information content (AvgIpc) is 3.53. The van der Waals surface area contributed by atoms with Crippen LogP contribution in [0.1, 0.15) is 46.1 Å². The van der Waals surface area contributed by atoms with E-state index in [4.69, 9.17) is 9.47 Å². The Labute approximate surface area is 213 Å². The first-order chi connectivity index (χ1) is 17.3. The molecule has 2 saturated carbocycles. The molecule has 2 aliphatic carbocycles. The Hall–Kier alpha value is -3.36. The lowest BCUT2D eigenvalue weighted by Gasteiger charge is -2.26. The zero-order chi connectivity index (χ0) is 24.9. The van der Waals surface area contributed by atoms with Crippen LogP contribution in [0.15, 0.2) is 65.6 Å². The molecule has 7 nitrogen and oxygen atoms in total. The first kappa shape index (κ1) is 23.1. The summed E-state index contributed by atoms with van der Waals surface area (Å²) in [4.78, 5) is 13.6. The van der Waals surface area contributed by atoms with Crippen molar-refractivity contribution < 1.29 is 25.5 Å². The molecule has 0 unspecified atom stereocenters. The van der Waals surface area contributed by atoms with E-state index < -0.39 is 15.4 Å². The highest BCUT2D eigenvalue weighted by atomic mass is 32.2. The molecule has 8 heteroatoms. The van der Waals surface area contributed by atoms with Crippen LogP contribution in [0.25, 0.3) is 11.1 Å². The van der Waals surface area contributed by atoms with Gasteiger partial charge in [0.2, 0.25) is 22.7 Å². The summed E-state index contributed by atoms with van der Waals surface area (Å²) in [5.41, 5.74) is 3.95. The third kappa shape index (κ3) is 4.14. The van der Waals surface area contributed by atoms with Crippen molar-refractivity contribution in [2.75, 3.05) is 12.1 Å². The quantitative estimate of drug-likeness (QED) is 0.447. The Morgan fingerprint density at radius 2 is 1.72 bits per heavy atom. The van der Waals surface area contributed by atoms with E-state index in [0.29, 0.717) is 17.2 Å². The fourth-order valence-corrected chi connectivity index (χ4v) is 6.16. The molecule has 1 aliphatic heterocycles. The van der Waals surface area contributed by atoms with Gasteiger partial charge in [-0.2, -0.15) is 0 Å². The normalized spacial score (nSPS) is 17.9. The maximum Gasteiger partial charge on any atom is 0.240 e. The molecule has 3 aliphatic rings. The Kier molecular flexibility index (Phi) is 5.53. The zero-order valence-electron chi connectivity index (χ0n) is 20.0. The molecule has 0 bridgehead atoms. The average molecular weight is 509 g/mol. The van der Waals surface area contributed by atoms with Crippen molar-refractivity contribution in [3.63, 3.8) is 0 Å². The number of carbonyl (C=O) groups excluding carboxylic acids is 1. The predicted octanol–water partition coefficient (Wildman–Crippen LogP) is 5.38. The molecule has 0 saturated heterocycles. The van der Waals surface area contributed by atoms with Crippen molar-refractivity contribution in [1.29, 1.82) is 0 Å². The van der Waals surface area contributed by atoms with Crippen LogP contribution in [0.2, 0.25) is 0 Å². The van der Waals surface area contributed by atoms with Crippen LogP contribution < -0.4 is 19.5 Å². The third-order valence-electron chi connectivity index (χ3n) is 7.51. The number of ether oxygens (including phenoxy) is 2. The molecule has 190 valence electrons. The number of rotatable bonds is 7. The van der Waals surface area contributed by atoms with Crippen molar-refractivity contribution in [1.82, 2.24) is 4.72 Å². The van der Waals surface area contributed by atoms with E-state index in [1.165, 1.54) is 0 Å². The lowest BCUT2D eigenvalue weighted by Crippen LogP contribution is -2.39. The number of benzene rings is 3. The minimum atomic E-state index is -3.52. The summed E-state index contributed by atoms with van der Waals surface area (Å²) < 4.78 is 38.9. The number of nitrogens with one attached hydrogen (secondary N) is 2. The van der Waals surface area contributed by atoms with Crippen molar-refractivity contribution >= 4 is 21.6 Å². The van der Waals surface area contributed by atoms with Gasteiger partial charge in [-0.1, -0.05) is 30.7 Å². The van der Waals surface area contributed by atoms with Gasteiger partial charge in [0.1, 0.15) is 0 Å². The predicted molar refractivity (Wildman–Crippen MR) is 141 cm³/mol. The molecule has 3 aromatic rings. The molecule has 6 rings (SSSR count). The number of carbonyl (C=O) groups is 1. The molecule has 2 N–H and O–H groups in total. The van der Waals surface area contributed by atoms with Crippen LogP contribution in [0.3, 0.4) is 0 Å². The highest BCUT2D eigenvalue weighted by Crippen LogP contribution is 2.51. The van der Waals surface area contributed by atoms with Crippen LogP contribution in [0.5, 0.6) is 11.5 Å². The lowest BCUT2D eigenvalue weighted by atomic mass is 9.94. The number of hydrogen-bond acceptors (Lipinski definition) is 5. The molecule has 0 atom stereocenters. The van der Waals surface area contributed by atoms with Crippen LogP contribution in [0, 0.1) is 6.92 Å². The lowest BCUT2D eigenvalue weighted by molar-refractivity contribution is -0.118. The van der Waals surface area contributed by atoms with E-state index in [9.17, 15) is 13.2 Å². The fourth-order valence-electron chi connectivity index (χ4n) is 4.85. The van der Waals surface area contributed by atoms with Gasteiger partial charge in [0, 0.05) is 14.6 Å². The Balaban J connectivity index is 0.00000168. The maximum atomic E-state index is 13.3. The van der Waals surface area contributed by atoms with E-state index in [-0.39, 0.29) is 26.5 Å². The highest BCUT2D eigenvalue weighted by Gasteiger charge is 2.51. The van der Waals surface area contributed by atoms with Crippen LogP contribution in [0.4, 0.5) is 5.69 Å². The Morgan fingerprint density at radius 1 is 0.972 bits per heavy atom. The van der Waals surface area contributed by atoms with E-state index in [1.54, 1.807) is 12.1 Å². The van der Waals surface area contributed by atoms with Crippen LogP contribution in [-0.2, 0) is 20.2 Å². The first-order valence-electron chi connectivity index (χ1n) is 12.3. The number of aryl methyl sites for hydroxylation is 1. The molecule has 0 radical (unpaired) electrons. The van der Waals surface area contributed by atoms with E-state index >= 15 is 0 Å². The molecule has 0 aromatic heterocycles. The number of hydrogen-bond donors (Lipinski definition) is 2. The molecular formula is C28H32N2O5S. The van der Waals surface area contributed by atoms with Gasteiger partial charge >= 0.3 is 0 Å². The molecule has 1 amide bonds. The topological polar surface area (TPSA) is 93.7 Å². The molecule has 3 aromatic carbocycles. The second-order valence-corrected chi connectivity index (χ2v) is 11.6.